The fourth-order valence-corrected chi connectivity index (χ4v) is 7.08. The first-order valence-electron chi connectivity index (χ1n) is 13.2. The van der Waals surface area contributed by atoms with Gasteiger partial charge in [0.2, 0.25) is 5.91 Å². The topological polar surface area (TPSA) is 174 Å². The van der Waals surface area contributed by atoms with Crippen molar-refractivity contribution < 1.29 is 24.2 Å². The molecule has 0 radical (unpaired) electrons. The number of benzene rings is 3. The lowest BCUT2D eigenvalue weighted by atomic mass is 9.70. The molecule has 6 rings (SSSR count). The first-order valence-corrected chi connectivity index (χ1v) is 14.0. The Morgan fingerprint density at radius 3 is 2.51 bits per heavy atom. The number of Topliss-reactive ketones (excluding diaryl/α,β-unsaturated/α-hetero) is 1. The number of nitrogens with two attached hydrogens (primary N) is 3. The Labute approximate surface area is 239 Å². The van der Waals surface area contributed by atoms with Gasteiger partial charge in [-0.1, -0.05) is 30.3 Å². The number of thiophene rings is 1. The number of aryl methyl sites for hydroxylation is 1. The van der Waals surface area contributed by atoms with E-state index in [0.717, 1.165) is 5.56 Å². The van der Waals surface area contributed by atoms with Gasteiger partial charge in [0.1, 0.15) is 22.0 Å². The molecule has 4 aromatic rings. The van der Waals surface area contributed by atoms with Gasteiger partial charge < -0.3 is 37.3 Å². The quantitative estimate of drug-likeness (QED) is 0.220. The SMILES string of the molecule is Cc1cc(Oc2ccccc2)ccc1C1(N)C(=O)C(N)c2c(NC(=O)[C@H]3CCN(C(=O)O)C3)sc3c(N)ccc1c23. The molecule has 3 atom stereocenters. The third kappa shape index (κ3) is 4.29. The molecule has 210 valence electrons. The van der Waals surface area contributed by atoms with Crippen molar-refractivity contribution in [2.24, 2.45) is 17.4 Å². The highest BCUT2D eigenvalue weighted by Gasteiger charge is 2.49. The molecule has 0 bridgehead atoms. The number of para-hydroxylation sites is 1. The van der Waals surface area contributed by atoms with Crippen LogP contribution >= 0.6 is 11.3 Å². The molecule has 2 unspecified atom stereocenters. The summed E-state index contributed by atoms with van der Waals surface area (Å²) >= 11 is 1.24. The van der Waals surface area contributed by atoms with E-state index in [9.17, 15) is 19.5 Å². The fraction of sp³-hybridized carbons (Fsp3) is 0.233. The molecular weight excluding hydrogens is 542 g/mol. The van der Waals surface area contributed by atoms with Gasteiger partial charge in [0, 0.05) is 29.7 Å². The number of amides is 2. The zero-order valence-corrected chi connectivity index (χ0v) is 23.0. The molecule has 8 N–H and O–H groups in total. The largest absolute Gasteiger partial charge is 0.465 e. The number of carboxylic acid groups (broad SMARTS) is 1. The zero-order chi connectivity index (χ0) is 29.1. The molecular formula is C30H29N5O5S. The van der Waals surface area contributed by atoms with Crippen LogP contribution in [-0.4, -0.2) is 40.9 Å². The molecule has 1 aromatic heterocycles. The van der Waals surface area contributed by atoms with E-state index in [1.807, 2.05) is 43.3 Å². The minimum absolute atomic E-state index is 0.106. The summed E-state index contributed by atoms with van der Waals surface area (Å²) in [5.41, 5.74) is 21.3. The van der Waals surface area contributed by atoms with Crippen molar-refractivity contribution in [1.29, 1.82) is 0 Å². The molecule has 1 saturated heterocycles. The molecule has 11 heteroatoms. The number of ketones is 1. The summed E-state index contributed by atoms with van der Waals surface area (Å²) in [4.78, 5) is 39.8. The highest BCUT2D eigenvalue weighted by molar-refractivity contribution is 7.24. The van der Waals surface area contributed by atoms with Gasteiger partial charge in [0.15, 0.2) is 5.78 Å². The van der Waals surface area contributed by atoms with Gasteiger partial charge in [0.25, 0.3) is 0 Å². The van der Waals surface area contributed by atoms with Crippen LogP contribution in [0.4, 0.5) is 15.5 Å². The van der Waals surface area contributed by atoms with Gasteiger partial charge >= 0.3 is 6.09 Å². The standard InChI is InChI=1S/C30H29N5O5S/c1-15-13-18(40-17-5-3-2-4-6-17)7-8-19(15)30(33)20-9-10-21(31)25-22(20)23(24(32)26(30)36)28(41-25)34-27(37)16-11-12-35(14-16)29(38)39/h2-10,13,16,24H,11-12,14,31-33H2,1H3,(H,34,37)(H,38,39)/t16-,24?,30?/m0/s1. The second kappa shape index (κ2) is 9.88. The smallest absolute Gasteiger partial charge is 0.407 e. The van der Waals surface area contributed by atoms with Crippen molar-refractivity contribution in [2.45, 2.75) is 24.9 Å². The molecule has 0 saturated carbocycles. The van der Waals surface area contributed by atoms with Crippen LogP contribution in [0.15, 0.2) is 60.7 Å². The monoisotopic (exact) mass is 571 g/mol. The second-order valence-corrected chi connectivity index (χ2v) is 11.5. The van der Waals surface area contributed by atoms with Crippen LogP contribution in [0.25, 0.3) is 10.1 Å². The number of hydrogen-bond acceptors (Lipinski definition) is 8. The van der Waals surface area contributed by atoms with E-state index in [2.05, 4.69) is 5.32 Å². The average Bonchev–Trinajstić information content (AvgIpc) is 3.59. The molecule has 1 fully saturated rings. The number of anilines is 2. The highest BCUT2D eigenvalue weighted by Crippen LogP contribution is 2.52. The minimum atomic E-state index is -1.57. The Morgan fingerprint density at radius 1 is 1.10 bits per heavy atom. The van der Waals surface area contributed by atoms with E-state index < -0.39 is 29.4 Å². The molecule has 2 aliphatic rings. The second-order valence-electron chi connectivity index (χ2n) is 10.5. The predicted molar refractivity (Wildman–Crippen MR) is 157 cm³/mol. The number of carbonyl (C=O) groups excluding carboxylic acids is 2. The van der Waals surface area contributed by atoms with Crippen molar-refractivity contribution in [3.63, 3.8) is 0 Å². The summed E-state index contributed by atoms with van der Waals surface area (Å²) < 4.78 is 6.65. The third-order valence-electron chi connectivity index (χ3n) is 7.98. The Morgan fingerprint density at radius 2 is 1.83 bits per heavy atom. The number of nitrogens with zero attached hydrogens (tertiary/aromatic N) is 1. The lowest BCUT2D eigenvalue weighted by molar-refractivity contribution is -0.125. The van der Waals surface area contributed by atoms with Crippen molar-refractivity contribution in [3.8, 4) is 11.5 Å². The number of likely N-dealkylation sites (tertiary alicyclic amines) is 1. The first-order chi connectivity index (χ1) is 19.6. The van der Waals surface area contributed by atoms with Gasteiger partial charge in [-0.3, -0.25) is 9.59 Å². The average molecular weight is 572 g/mol. The Balaban J connectivity index is 1.40. The lowest BCUT2D eigenvalue weighted by Gasteiger charge is -2.37. The maximum atomic E-state index is 14.1. The van der Waals surface area contributed by atoms with Crippen LogP contribution < -0.4 is 27.3 Å². The minimum Gasteiger partial charge on any atom is -0.465 e. The van der Waals surface area contributed by atoms with Crippen LogP contribution in [0.1, 0.15) is 34.7 Å². The molecule has 1 aliphatic carbocycles. The summed E-state index contributed by atoms with van der Waals surface area (Å²) in [7, 11) is 0. The summed E-state index contributed by atoms with van der Waals surface area (Å²) in [6.07, 6.45) is -0.650. The molecule has 3 aromatic carbocycles. The Hall–Kier alpha value is -4.45. The fourth-order valence-electron chi connectivity index (χ4n) is 5.88. The zero-order valence-electron chi connectivity index (χ0n) is 22.2. The lowest BCUT2D eigenvalue weighted by Crippen LogP contribution is -2.52. The number of nitrogens with one attached hydrogen (secondary N) is 1. The van der Waals surface area contributed by atoms with Crippen LogP contribution in [0.5, 0.6) is 11.5 Å². The van der Waals surface area contributed by atoms with E-state index in [-0.39, 0.29) is 19.0 Å². The molecule has 0 spiro atoms. The number of hydrogen-bond donors (Lipinski definition) is 5. The molecule has 2 heterocycles. The predicted octanol–water partition coefficient (Wildman–Crippen LogP) is 4.31. The van der Waals surface area contributed by atoms with Gasteiger partial charge in [-0.25, -0.2) is 4.79 Å². The number of nitrogen functional groups attached to an aromatic ring is 1. The van der Waals surface area contributed by atoms with E-state index in [0.29, 0.717) is 55.4 Å². The summed E-state index contributed by atoms with van der Waals surface area (Å²) in [6, 6.07) is 17.1. The molecule has 2 amide bonds. The van der Waals surface area contributed by atoms with Crippen LogP contribution in [0.3, 0.4) is 0 Å². The normalized spacial score (nSPS) is 21.7. The molecule has 1 aliphatic heterocycles. The van der Waals surface area contributed by atoms with E-state index in [1.165, 1.54) is 16.2 Å². The Bertz CT molecular complexity index is 1720. The van der Waals surface area contributed by atoms with E-state index in [4.69, 9.17) is 21.9 Å². The van der Waals surface area contributed by atoms with Crippen LogP contribution in [0.2, 0.25) is 0 Å². The van der Waals surface area contributed by atoms with Gasteiger partial charge in [-0.05, 0) is 60.4 Å². The summed E-state index contributed by atoms with van der Waals surface area (Å²) in [5, 5.41) is 13.3. The Kier molecular flexibility index (Phi) is 6.45. The van der Waals surface area contributed by atoms with Gasteiger partial charge in [-0.2, -0.15) is 0 Å². The van der Waals surface area contributed by atoms with E-state index >= 15 is 0 Å². The van der Waals surface area contributed by atoms with E-state index in [1.54, 1.807) is 24.3 Å². The van der Waals surface area contributed by atoms with Crippen molar-refractivity contribution in [3.05, 3.63) is 82.9 Å². The summed E-state index contributed by atoms with van der Waals surface area (Å²) in [6.45, 7) is 2.26. The maximum absolute atomic E-state index is 14.1. The first kappa shape index (κ1) is 26.8. The van der Waals surface area contributed by atoms with Crippen molar-refractivity contribution >= 4 is 49.9 Å². The van der Waals surface area contributed by atoms with Gasteiger partial charge in [0.05, 0.1) is 16.7 Å². The van der Waals surface area contributed by atoms with Crippen molar-refractivity contribution in [1.82, 2.24) is 4.90 Å². The molecule has 10 nitrogen and oxygen atoms in total. The molecule has 41 heavy (non-hydrogen) atoms. The summed E-state index contributed by atoms with van der Waals surface area (Å²) in [5.74, 6) is 0.0340. The van der Waals surface area contributed by atoms with Crippen LogP contribution in [0, 0.1) is 12.8 Å². The number of ether oxygens (including phenoxy) is 1. The third-order valence-corrected chi connectivity index (χ3v) is 9.15. The highest BCUT2D eigenvalue weighted by atomic mass is 32.1. The van der Waals surface area contributed by atoms with Gasteiger partial charge in [-0.15, -0.1) is 11.3 Å². The van der Waals surface area contributed by atoms with Crippen LogP contribution in [-0.2, 0) is 15.1 Å². The number of carbonyl (C=O) groups is 3. The van der Waals surface area contributed by atoms with Crippen molar-refractivity contribution in [2.75, 3.05) is 24.1 Å². The number of rotatable bonds is 5. The maximum Gasteiger partial charge on any atom is 0.407 e.